The van der Waals surface area contributed by atoms with Crippen LogP contribution in [0.15, 0.2) is 72.4 Å². The van der Waals surface area contributed by atoms with E-state index in [4.69, 9.17) is 0 Å². The fourth-order valence-corrected chi connectivity index (χ4v) is 2.67. The Labute approximate surface area is 169 Å². The highest BCUT2D eigenvalue weighted by molar-refractivity contribution is 6.09. The van der Waals surface area contributed by atoms with E-state index in [0.29, 0.717) is 11.4 Å². The number of nitrogens with one attached hydrogen (secondary N) is 1. The number of non-ortho nitro benzene ring substituents is 2. The Kier molecular flexibility index (Phi) is 5.65. The van der Waals surface area contributed by atoms with Crippen molar-refractivity contribution in [2.45, 2.75) is 0 Å². The summed E-state index contributed by atoms with van der Waals surface area (Å²) in [5, 5.41) is 33.5. The highest BCUT2D eigenvalue weighted by Crippen LogP contribution is 2.21. The quantitative estimate of drug-likeness (QED) is 0.286. The van der Waals surface area contributed by atoms with E-state index in [9.17, 15) is 30.3 Å². The van der Waals surface area contributed by atoms with Gasteiger partial charge in [-0.1, -0.05) is 6.07 Å². The molecule has 0 aliphatic rings. The molecule has 1 aromatic heterocycles. The third-order valence-corrected chi connectivity index (χ3v) is 4.09. The number of nitrogens with zero attached hydrogens (tertiary/aromatic N) is 4. The van der Waals surface area contributed by atoms with Gasteiger partial charge in [0.2, 0.25) is 0 Å². The number of nitro benzene ring substituents is 2. The molecule has 0 aliphatic carbocycles. The van der Waals surface area contributed by atoms with E-state index >= 15 is 0 Å². The van der Waals surface area contributed by atoms with Gasteiger partial charge in [0.1, 0.15) is 11.6 Å². The molecule has 0 bridgehead atoms. The first-order valence-corrected chi connectivity index (χ1v) is 8.49. The van der Waals surface area contributed by atoms with Crippen LogP contribution in [-0.4, -0.2) is 20.3 Å². The van der Waals surface area contributed by atoms with Gasteiger partial charge in [0.05, 0.1) is 9.85 Å². The average molecular weight is 403 g/mol. The van der Waals surface area contributed by atoms with Crippen molar-refractivity contribution in [3.8, 4) is 11.8 Å². The molecule has 0 spiro atoms. The minimum atomic E-state index is -0.727. The maximum Gasteiger partial charge on any atom is 0.271 e. The van der Waals surface area contributed by atoms with Gasteiger partial charge in [-0.05, 0) is 36.4 Å². The molecule has 1 N–H and O–H groups in total. The first-order valence-electron chi connectivity index (χ1n) is 8.49. The molecule has 0 fully saturated rings. The van der Waals surface area contributed by atoms with Crippen LogP contribution in [0.3, 0.4) is 0 Å². The maximum atomic E-state index is 12.5. The first-order chi connectivity index (χ1) is 14.4. The molecule has 30 heavy (non-hydrogen) atoms. The van der Waals surface area contributed by atoms with Crippen LogP contribution in [0.4, 0.5) is 17.1 Å². The molecule has 148 valence electrons. The Morgan fingerprint density at radius 2 is 1.70 bits per heavy atom. The molecule has 10 heteroatoms. The Balaban J connectivity index is 1.87. The molecule has 10 nitrogen and oxygen atoms in total. The fraction of sp³-hybridized carbons (Fsp3) is 0. The largest absolute Gasteiger partial charge is 0.321 e. The topological polar surface area (TPSA) is 144 Å². The molecule has 1 amide bonds. The van der Waals surface area contributed by atoms with Crippen LogP contribution < -0.4 is 5.32 Å². The number of anilines is 1. The van der Waals surface area contributed by atoms with Gasteiger partial charge in [0.25, 0.3) is 17.3 Å². The van der Waals surface area contributed by atoms with E-state index in [0.717, 1.165) is 0 Å². The van der Waals surface area contributed by atoms with Gasteiger partial charge in [-0.25, -0.2) is 0 Å². The lowest BCUT2D eigenvalue weighted by molar-refractivity contribution is -0.385. The summed E-state index contributed by atoms with van der Waals surface area (Å²) in [6.07, 6.45) is 3.04. The van der Waals surface area contributed by atoms with E-state index in [-0.39, 0.29) is 22.6 Å². The summed E-state index contributed by atoms with van der Waals surface area (Å²) in [6, 6.07) is 16.3. The molecular weight excluding hydrogens is 390 g/mol. The van der Waals surface area contributed by atoms with E-state index < -0.39 is 15.8 Å². The Hall–Kier alpha value is -4.78. The van der Waals surface area contributed by atoms with Crippen LogP contribution in [0.2, 0.25) is 0 Å². The number of nitro groups is 2. The van der Waals surface area contributed by atoms with Crippen molar-refractivity contribution < 1.29 is 14.6 Å². The molecule has 0 saturated carbocycles. The number of carbonyl (C=O) groups excluding carboxylic acids is 1. The van der Waals surface area contributed by atoms with E-state index in [2.05, 4.69) is 5.32 Å². The van der Waals surface area contributed by atoms with Gasteiger partial charge < -0.3 is 9.88 Å². The van der Waals surface area contributed by atoms with Gasteiger partial charge in [-0.15, -0.1) is 0 Å². The Morgan fingerprint density at radius 3 is 2.33 bits per heavy atom. The number of benzene rings is 2. The summed E-state index contributed by atoms with van der Waals surface area (Å²) in [5.74, 6) is -0.727. The van der Waals surface area contributed by atoms with Crippen LogP contribution >= 0.6 is 0 Å². The van der Waals surface area contributed by atoms with E-state index in [1.54, 1.807) is 35.0 Å². The van der Waals surface area contributed by atoms with Gasteiger partial charge in [-0.3, -0.25) is 25.0 Å². The second-order valence-corrected chi connectivity index (χ2v) is 6.01. The molecule has 0 saturated heterocycles. The van der Waals surface area contributed by atoms with E-state index in [1.165, 1.54) is 42.5 Å². The minimum Gasteiger partial charge on any atom is -0.321 e. The number of hydrogen-bond donors (Lipinski definition) is 1. The lowest BCUT2D eigenvalue weighted by Gasteiger charge is -2.08. The van der Waals surface area contributed by atoms with Crippen molar-refractivity contribution in [2.24, 2.45) is 0 Å². The van der Waals surface area contributed by atoms with Crippen LogP contribution in [0, 0.1) is 31.6 Å². The third-order valence-electron chi connectivity index (χ3n) is 4.09. The number of amides is 1. The van der Waals surface area contributed by atoms with Crippen molar-refractivity contribution in [2.75, 3.05) is 5.32 Å². The second kappa shape index (κ2) is 8.49. The number of rotatable bonds is 6. The predicted octanol–water partition coefficient (Wildman–Crippen LogP) is 3.84. The number of hydrogen-bond acceptors (Lipinski definition) is 6. The zero-order chi connectivity index (χ0) is 21.7. The summed E-state index contributed by atoms with van der Waals surface area (Å²) in [7, 11) is 0. The fourth-order valence-electron chi connectivity index (χ4n) is 2.67. The summed E-state index contributed by atoms with van der Waals surface area (Å²) < 4.78 is 1.65. The first kappa shape index (κ1) is 20.0. The van der Waals surface area contributed by atoms with Crippen LogP contribution in [0.5, 0.6) is 0 Å². The molecule has 0 unspecified atom stereocenters. The average Bonchev–Trinajstić information content (AvgIpc) is 3.20. The molecule has 2 aromatic carbocycles. The summed E-state index contributed by atoms with van der Waals surface area (Å²) in [6.45, 7) is 0. The minimum absolute atomic E-state index is 0.0583. The molecule has 1 heterocycles. The summed E-state index contributed by atoms with van der Waals surface area (Å²) >= 11 is 0. The van der Waals surface area contributed by atoms with E-state index in [1.807, 2.05) is 6.07 Å². The second-order valence-electron chi connectivity index (χ2n) is 6.01. The molecule has 0 aliphatic heterocycles. The maximum absolute atomic E-state index is 12.5. The monoisotopic (exact) mass is 403 g/mol. The van der Waals surface area contributed by atoms with Gasteiger partial charge in [0.15, 0.2) is 0 Å². The van der Waals surface area contributed by atoms with Crippen molar-refractivity contribution in [1.29, 1.82) is 5.26 Å². The number of carbonyl (C=O) groups is 1. The normalized spacial score (nSPS) is 10.8. The Morgan fingerprint density at radius 1 is 1.00 bits per heavy atom. The molecular formula is C20H13N5O5. The standard InChI is InChI=1S/C20H13N5O5/c21-13-14(20(26)22-15-3-1-4-19(12-15)25(29)30)11-18-5-2-10-23(18)16-6-8-17(9-7-16)24(27)28/h1-12H,(H,22,26)/b14-11-. The molecule has 3 aromatic rings. The predicted molar refractivity (Wildman–Crippen MR) is 108 cm³/mol. The highest BCUT2D eigenvalue weighted by Gasteiger charge is 2.14. The zero-order valence-electron chi connectivity index (χ0n) is 15.3. The van der Waals surface area contributed by atoms with Crippen LogP contribution in [0.25, 0.3) is 11.8 Å². The van der Waals surface area contributed by atoms with Crippen molar-refractivity contribution >= 4 is 29.0 Å². The van der Waals surface area contributed by atoms with Crippen molar-refractivity contribution in [1.82, 2.24) is 4.57 Å². The lowest BCUT2D eigenvalue weighted by Crippen LogP contribution is -2.13. The van der Waals surface area contributed by atoms with Gasteiger partial charge in [0, 0.05) is 47.5 Å². The van der Waals surface area contributed by atoms with Crippen molar-refractivity contribution in [3.05, 3.63) is 98.4 Å². The zero-order valence-corrected chi connectivity index (χ0v) is 15.3. The SMILES string of the molecule is N#C/C(=C/c1cccn1-c1ccc([N+](=O)[O-])cc1)C(=O)Nc1cccc([N+](=O)[O-])c1. The summed E-state index contributed by atoms with van der Waals surface area (Å²) in [4.78, 5) is 33.0. The third kappa shape index (κ3) is 4.37. The smallest absolute Gasteiger partial charge is 0.271 e. The Bertz CT molecular complexity index is 1200. The molecule has 3 rings (SSSR count). The van der Waals surface area contributed by atoms with Crippen LogP contribution in [0.1, 0.15) is 5.69 Å². The van der Waals surface area contributed by atoms with Crippen LogP contribution in [-0.2, 0) is 4.79 Å². The summed E-state index contributed by atoms with van der Waals surface area (Å²) in [5.41, 5.74) is 0.812. The molecule has 0 atom stereocenters. The molecule has 0 radical (unpaired) electrons. The van der Waals surface area contributed by atoms with Gasteiger partial charge in [-0.2, -0.15) is 5.26 Å². The number of nitriles is 1. The number of aromatic nitrogens is 1. The van der Waals surface area contributed by atoms with Gasteiger partial charge >= 0.3 is 0 Å². The lowest BCUT2D eigenvalue weighted by atomic mass is 10.2. The highest BCUT2D eigenvalue weighted by atomic mass is 16.6. The van der Waals surface area contributed by atoms with Crippen molar-refractivity contribution in [3.63, 3.8) is 0 Å².